The predicted molar refractivity (Wildman–Crippen MR) is 108 cm³/mol. The fourth-order valence-corrected chi connectivity index (χ4v) is 4.27. The summed E-state index contributed by atoms with van der Waals surface area (Å²) in [5.74, 6) is -0.0557. The van der Waals surface area contributed by atoms with Gasteiger partial charge in [0.2, 0.25) is 15.9 Å². The molecule has 0 aliphatic rings. The van der Waals surface area contributed by atoms with Gasteiger partial charge in [0.25, 0.3) is 0 Å². The van der Waals surface area contributed by atoms with E-state index in [1.807, 2.05) is 27.7 Å². The molecular formula is C18H32ClN3O3S. The van der Waals surface area contributed by atoms with Gasteiger partial charge >= 0.3 is 0 Å². The van der Waals surface area contributed by atoms with E-state index in [1.165, 1.54) is 4.31 Å². The summed E-state index contributed by atoms with van der Waals surface area (Å²) in [4.78, 5) is 12.7. The predicted octanol–water partition coefficient (Wildman–Crippen LogP) is 2.52. The summed E-state index contributed by atoms with van der Waals surface area (Å²) in [5, 5.41) is 2.92. The second-order valence-electron chi connectivity index (χ2n) is 6.11. The molecule has 0 saturated carbocycles. The summed E-state index contributed by atoms with van der Waals surface area (Å²) in [7, 11) is -3.45. The highest BCUT2D eigenvalue weighted by molar-refractivity contribution is 7.89. The summed E-state index contributed by atoms with van der Waals surface area (Å²) < 4.78 is 26.3. The molecule has 0 aliphatic carbocycles. The van der Waals surface area contributed by atoms with Crippen LogP contribution in [0.15, 0.2) is 29.2 Å². The van der Waals surface area contributed by atoms with Crippen LogP contribution in [0.1, 0.15) is 46.1 Å². The molecule has 1 rings (SSSR count). The molecule has 0 aromatic heterocycles. The van der Waals surface area contributed by atoms with E-state index < -0.39 is 15.4 Å². The Labute approximate surface area is 164 Å². The molecule has 3 N–H and O–H groups in total. The van der Waals surface area contributed by atoms with Crippen LogP contribution in [0.4, 0.5) is 0 Å². The maximum atomic E-state index is 12.5. The van der Waals surface area contributed by atoms with E-state index in [-0.39, 0.29) is 23.2 Å². The Morgan fingerprint density at radius 1 is 1.08 bits per heavy atom. The first-order valence-electron chi connectivity index (χ1n) is 8.88. The Hall–Kier alpha value is -1.15. The van der Waals surface area contributed by atoms with Gasteiger partial charge in [-0.2, -0.15) is 4.31 Å². The Kier molecular flexibility index (Phi) is 10.4. The van der Waals surface area contributed by atoms with Crippen LogP contribution in [0.25, 0.3) is 0 Å². The highest BCUT2D eigenvalue weighted by Gasteiger charge is 2.32. The van der Waals surface area contributed by atoms with Crippen molar-refractivity contribution in [2.24, 2.45) is 11.1 Å². The molecule has 26 heavy (non-hydrogen) atoms. The van der Waals surface area contributed by atoms with Gasteiger partial charge in [0.15, 0.2) is 0 Å². The Morgan fingerprint density at radius 2 is 1.58 bits per heavy atom. The van der Waals surface area contributed by atoms with Crippen molar-refractivity contribution < 1.29 is 13.2 Å². The first-order chi connectivity index (χ1) is 11.8. The highest BCUT2D eigenvalue weighted by Crippen LogP contribution is 2.25. The van der Waals surface area contributed by atoms with Crippen molar-refractivity contribution in [3.05, 3.63) is 29.8 Å². The molecule has 0 aliphatic heterocycles. The van der Waals surface area contributed by atoms with Gasteiger partial charge in [-0.3, -0.25) is 4.79 Å². The van der Waals surface area contributed by atoms with E-state index in [0.717, 1.165) is 5.56 Å². The number of nitrogens with zero attached hydrogens (tertiary/aromatic N) is 1. The highest BCUT2D eigenvalue weighted by atomic mass is 35.5. The SMILES string of the molecule is CCN(CC)S(=O)(=O)c1ccc(CNC(=O)C(CC)(CC)CN)cc1.Cl. The molecule has 0 spiro atoms. The minimum atomic E-state index is -3.45. The number of sulfonamides is 1. The molecule has 0 saturated heterocycles. The Balaban J connectivity index is 0.00000625. The lowest BCUT2D eigenvalue weighted by Gasteiger charge is -2.28. The van der Waals surface area contributed by atoms with Crippen LogP contribution in [0.5, 0.6) is 0 Å². The lowest BCUT2D eigenvalue weighted by molar-refractivity contribution is -0.131. The number of nitrogens with two attached hydrogens (primary N) is 1. The third-order valence-corrected chi connectivity index (χ3v) is 7.01. The standard InChI is InChI=1S/C18H31N3O3S.ClH/c1-5-18(6-2,14-19)17(22)20-13-15-9-11-16(12-10-15)25(23,24)21(7-3)8-4;/h9-12H,5-8,13-14,19H2,1-4H3,(H,20,22);1H. The van der Waals surface area contributed by atoms with Gasteiger partial charge in [-0.05, 0) is 30.5 Å². The number of amides is 1. The summed E-state index contributed by atoms with van der Waals surface area (Å²) in [6, 6.07) is 6.65. The van der Waals surface area contributed by atoms with E-state index in [0.29, 0.717) is 39.0 Å². The van der Waals surface area contributed by atoms with Crippen molar-refractivity contribution in [2.75, 3.05) is 19.6 Å². The van der Waals surface area contributed by atoms with Crippen LogP contribution >= 0.6 is 12.4 Å². The lowest BCUT2D eigenvalue weighted by Crippen LogP contribution is -2.45. The largest absolute Gasteiger partial charge is 0.352 e. The van der Waals surface area contributed by atoms with Crippen LogP contribution in [0.3, 0.4) is 0 Å². The number of nitrogens with one attached hydrogen (secondary N) is 1. The normalized spacial score (nSPS) is 11.9. The van der Waals surface area contributed by atoms with Gasteiger partial charge in [0.05, 0.1) is 10.3 Å². The average Bonchev–Trinajstić information content (AvgIpc) is 2.63. The van der Waals surface area contributed by atoms with Crippen molar-refractivity contribution in [3.63, 3.8) is 0 Å². The van der Waals surface area contributed by atoms with Crippen molar-refractivity contribution in [1.82, 2.24) is 9.62 Å². The molecule has 0 fully saturated rings. The first kappa shape index (κ1) is 24.8. The molecule has 6 nitrogen and oxygen atoms in total. The van der Waals surface area contributed by atoms with E-state index in [9.17, 15) is 13.2 Å². The second-order valence-corrected chi connectivity index (χ2v) is 8.05. The zero-order valence-electron chi connectivity index (χ0n) is 16.1. The third kappa shape index (κ3) is 5.42. The molecule has 8 heteroatoms. The molecule has 150 valence electrons. The quantitative estimate of drug-likeness (QED) is 0.625. The van der Waals surface area contributed by atoms with Crippen molar-refractivity contribution >= 4 is 28.3 Å². The molecular weight excluding hydrogens is 374 g/mol. The van der Waals surface area contributed by atoms with Crippen LogP contribution in [0.2, 0.25) is 0 Å². The summed E-state index contributed by atoms with van der Waals surface area (Å²) in [5.41, 5.74) is 6.11. The maximum absolute atomic E-state index is 12.5. The average molecular weight is 406 g/mol. The van der Waals surface area contributed by atoms with E-state index in [4.69, 9.17) is 5.73 Å². The number of carbonyl (C=O) groups is 1. The molecule has 1 amide bonds. The number of rotatable bonds is 10. The molecule has 0 radical (unpaired) electrons. The van der Waals surface area contributed by atoms with Gasteiger partial charge in [0.1, 0.15) is 0 Å². The minimum absolute atomic E-state index is 0. The van der Waals surface area contributed by atoms with E-state index >= 15 is 0 Å². The molecule has 1 aromatic rings. The molecule has 0 unspecified atom stereocenters. The summed E-state index contributed by atoms with van der Waals surface area (Å²) >= 11 is 0. The lowest BCUT2D eigenvalue weighted by atomic mass is 9.81. The number of halogens is 1. The van der Waals surface area contributed by atoms with Crippen molar-refractivity contribution in [1.29, 1.82) is 0 Å². The molecule has 1 aromatic carbocycles. The number of hydrogen-bond acceptors (Lipinski definition) is 4. The van der Waals surface area contributed by atoms with Gasteiger partial charge in [-0.1, -0.05) is 39.8 Å². The number of benzene rings is 1. The number of hydrogen-bond donors (Lipinski definition) is 2. The van der Waals surface area contributed by atoms with Crippen molar-refractivity contribution in [2.45, 2.75) is 52.0 Å². The fourth-order valence-electron chi connectivity index (χ4n) is 2.81. The molecule has 0 atom stereocenters. The monoisotopic (exact) mass is 405 g/mol. The second kappa shape index (κ2) is 10.9. The van der Waals surface area contributed by atoms with Gasteiger partial charge in [-0.25, -0.2) is 8.42 Å². The summed E-state index contributed by atoms with van der Waals surface area (Å²) in [6.45, 7) is 9.09. The zero-order chi connectivity index (χ0) is 19.1. The Bertz CT molecular complexity index is 646. The van der Waals surface area contributed by atoms with Crippen LogP contribution in [-0.4, -0.2) is 38.3 Å². The molecule has 0 heterocycles. The maximum Gasteiger partial charge on any atom is 0.243 e. The van der Waals surface area contributed by atoms with Gasteiger partial charge in [0, 0.05) is 26.2 Å². The Morgan fingerprint density at radius 3 is 1.96 bits per heavy atom. The van der Waals surface area contributed by atoms with E-state index in [2.05, 4.69) is 5.32 Å². The minimum Gasteiger partial charge on any atom is -0.352 e. The first-order valence-corrected chi connectivity index (χ1v) is 10.3. The fraction of sp³-hybridized carbons (Fsp3) is 0.611. The van der Waals surface area contributed by atoms with Gasteiger partial charge < -0.3 is 11.1 Å². The van der Waals surface area contributed by atoms with E-state index in [1.54, 1.807) is 24.3 Å². The van der Waals surface area contributed by atoms with Gasteiger partial charge in [-0.15, -0.1) is 12.4 Å². The topological polar surface area (TPSA) is 92.5 Å². The van der Waals surface area contributed by atoms with Crippen LogP contribution in [0, 0.1) is 5.41 Å². The van der Waals surface area contributed by atoms with Crippen LogP contribution < -0.4 is 11.1 Å². The third-order valence-electron chi connectivity index (χ3n) is 4.95. The van der Waals surface area contributed by atoms with Crippen molar-refractivity contribution in [3.8, 4) is 0 Å². The van der Waals surface area contributed by atoms with Crippen LogP contribution in [-0.2, 0) is 21.4 Å². The summed E-state index contributed by atoms with van der Waals surface area (Å²) in [6.07, 6.45) is 1.37. The molecule has 0 bridgehead atoms. The zero-order valence-corrected chi connectivity index (χ0v) is 17.8. The smallest absolute Gasteiger partial charge is 0.243 e. The number of carbonyl (C=O) groups excluding carboxylic acids is 1.